The maximum atomic E-state index is 13.0. The monoisotopic (exact) mass is 1250 g/mol. The third-order valence-electron chi connectivity index (χ3n) is 15.4. The second-order valence-electron chi connectivity index (χ2n) is 23.9. The SMILES string of the molecule is CCCCCCCCCCCCCCC(=O)OC[C@H](COP(=O)(O)OC[C@@H](O)COP(=O)(O)OC[C@@H](COC(=O)CCCCCCCCCCC)OC(=O)CCCCCCCCCCCCCC)OC(=O)CCCCCCCCCCCCCC. The fourth-order valence-corrected chi connectivity index (χ4v) is 11.6. The van der Waals surface area contributed by atoms with Crippen LogP contribution in [0.3, 0.4) is 0 Å². The molecular weight excluding hydrogens is 1130 g/mol. The molecule has 0 aliphatic heterocycles. The third-order valence-corrected chi connectivity index (χ3v) is 17.3. The number of aliphatic hydroxyl groups excluding tert-OH is 1. The lowest BCUT2D eigenvalue weighted by Crippen LogP contribution is -2.30. The van der Waals surface area contributed by atoms with Gasteiger partial charge in [-0.15, -0.1) is 0 Å². The number of esters is 4. The number of rotatable bonds is 67. The first kappa shape index (κ1) is 83.1. The first-order valence-corrected chi connectivity index (χ1v) is 37.8. The molecule has 19 heteroatoms. The molecule has 0 aromatic carbocycles. The van der Waals surface area contributed by atoms with Crippen molar-refractivity contribution in [2.45, 2.75) is 361 Å². The average molecular weight is 1260 g/mol. The van der Waals surface area contributed by atoms with Gasteiger partial charge in [-0.1, -0.05) is 291 Å². The number of carbonyl (C=O) groups is 4. The summed E-state index contributed by atoms with van der Waals surface area (Å²) >= 11 is 0. The van der Waals surface area contributed by atoms with Crippen LogP contribution in [-0.4, -0.2) is 96.7 Å². The van der Waals surface area contributed by atoms with Gasteiger partial charge in [0, 0.05) is 25.7 Å². The largest absolute Gasteiger partial charge is 0.472 e. The molecule has 0 radical (unpaired) electrons. The Hall–Kier alpha value is -1.94. The Morgan fingerprint density at radius 3 is 0.694 bits per heavy atom. The number of hydrogen-bond acceptors (Lipinski definition) is 15. The summed E-state index contributed by atoms with van der Waals surface area (Å²) in [6.07, 6.45) is 47.0. The fraction of sp³-hybridized carbons (Fsp3) is 0.939. The molecule has 0 spiro atoms. The predicted molar refractivity (Wildman–Crippen MR) is 340 cm³/mol. The van der Waals surface area contributed by atoms with Crippen molar-refractivity contribution in [1.29, 1.82) is 0 Å². The van der Waals surface area contributed by atoms with Gasteiger partial charge in [0.05, 0.1) is 26.4 Å². The molecular formula is C66H128O17P2. The summed E-state index contributed by atoms with van der Waals surface area (Å²) < 4.78 is 68.1. The molecule has 0 amide bonds. The van der Waals surface area contributed by atoms with Gasteiger partial charge in [0.25, 0.3) is 0 Å². The second kappa shape index (κ2) is 60.9. The van der Waals surface area contributed by atoms with E-state index < -0.39 is 97.5 Å². The Morgan fingerprint density at radius 1 is 0.282 bits per heavy atom. The minimum Gasteiger partial charge on any atom is -0.462 e. The molecule has 0 fully saturated rings. The molecule has 0 heterocycles. The van der Waals surface area contributed by atoms with Crippen LogP contribution >= 0.6 is 15.6 Å². The van der Waals surface area contributed by atoms with Crippen LogP contribution in [-0.2, 0) is 65.4 Å². The molecule has 17 nitrogen and oxygen atoms in total. The van der Waals surface area contributed by atoms with E-state index in [1.807, 2.05) is 0 Å². The molecule has 3 N–H and O–H groups in total. The van der Waals surface area contributed by atoms with Crippen LogP contribution < -0.4 is 0 Å². The number of carbonyl (C=O) groups excluding carboxylic acids is 4. The Morgan fingerprint density at radius 2 is 0.471 bits per heavy atom. The Bertz CT molecular complexity index is 1640. The molecule has 2 unspecified atom stereocenters. The van der Waals surface area contributed by atoms with Crippen molar-refractivity contribution in [2.24, 2.45) is 0 Å². The van der Waals surface area contributed by atoms with Crippen LogP contribution in [0.2, 0.25) is 0 Å². The molecule has 85 heavy (non-hydrogen) atoms. The molecule has 504 valence electrons. The molecule has 0 saturated heterocycles. The number of phosphoric ester groups is 2. The van der Waals surface area contributed by atoms with E-state index >= 15 is 0 Å². The van der Waals surface area contributed by atoms with Gasteiger partial charge in [-0.2, -0.15) is 0 Å². The normalized spacial score (nSPS) is 14.1. The summed E-state index contributed by atoms with van der Waals surface area (Å²) in [5.74, 6) is -2.13. The summed E-state index contributed by atoms with van der Waals surface area (Å²) in [7, 11) is -9.89. The maximum absolute atomic E-state index is 13.0. The van der Waals surface area contributed by atoms with Crippen LogP contribution in [0.4, 0.5) is 0 Å². The Kier molecular flexibility index (Phi) is 59.6. The van der Waals surface area contributed by atoms with Crippen molar-refractivity contribution in [3.8, 4) is 0 Å². The Balaban J connectivity index is 5.23. The van der Waals surface area contributed by atoms with Crippen molar-refractivity contribution < 1.29 is 80.2 Å². The van der Waals surface area contributed by atoms with E-state index in [-0.39, 0.29) is 25.7 Å². The zero-order valence-corrected chi connectivity index (χ0v) is 56.4. The van der Waals surface area contributed by atoms with Gasteiger partial charge in [0.2, 0.25) is 0 Å². The molecule has 0 rings (SSSR count). The summed E-state index contributed by atoms with van der Waals surface area (Å²) in [6.45, 7) is 4.90. The van der Waals surface area contributed by atoms with Gasteiger partial charge < -0.3 is 33.8 Å². The predicted octanol–water partition coefficient (Wildman–Crippen LogP) is 18.7. The minimum absolute atomic E-state index is 0.108. The van der Waals surface area contributed by atoms with Gasteiger partial charge in [0.15, 0.2) is 12.2 Å². The van der Waals surface area contributed by atoms with Crippen molar-refractivity contribution >= 4 is 39.5 Å². The van der Waals surface area contributed by atoms with Crippen LogP contribution in [0.25, 0.3) is 0 Å². The topological polar surface area (TPSA) is 237 Å². The summed E-state index contributed by atoms with van der Waals surface area (Å²) in [4.78, 5) is 72.3. The average Bonchev–Trinajstić information content (AvgIpc) is 3.58. The lowest BCUT2D eigenvalue weighted by Gasteiger charge is -2.21. The Labute approximate surface area is 517 Å². The first-order valence-electron chi connectivity index (χ1n) is 34.8. The van der Waals surface area contributed by atoms with Crippen molar-refractivity contribution in [1.82, 2.24) is 0 Å². The van der Waals surface area contributed by atoms with Crippen molar-refractivity contribution in [2.75, 3.05) is 39.6 Å². The smallest absolute Gasteiger partial charge is 0.462 e. The number of aliphatic hydroxyl groups is 1. The third kappa shape index (κ3) is 60.7. The van der Waals surface area contributed by atoms with Crippen LogP contribution in [0.15, 0.2) is 0 Å². The van der Waals surface area contributed by atoms with Crippen LogP contribution in [0.5, 0.6) is 0 Å². The summed E-state index contributed by atoms with van der Waals surface area (Å²) in [6, 6.07) is 0. The van der Waals surface area contributed by atoms with Crippen molar-refractivity contribution in [3.63, 3.8) is 0 Å². The molecule has 0 saturated carbocycles. The molecule has 5 atom stereocenters. The van der Waals surface area contributed by atoms with Gasteiger partial charge in [0.1, 0.15) is 19.3 Å². The number of hydrogen-bond donors (Lipinski definition) is 3. The number of phosphoric acid groups is 2. The van der Waals surface area contributed by atoms with E-state index in [1.54, 1.807) is 0 Å². The van der Waals surface area contributed by atoms with Crippen LogP contribution in [0.1, 0.15) is 342 Å². The quantitative estimate of drug-likeness (QED) is 0.0222. The van der Waals surface area contributed by atoms with Gasteiger partial charge in [-0.25, -0.2) is 9.13 Å². The highest BCUT2D eigenvalue weighted by Crippen LogP contribution is 2.45. The zero-order chi connectivity index (χ0) is 62.6. The highest BCUT2D eigenvalue weighted by Gasteiger charge is 2.30. The van der Waals surface area contributed by atoms with Gasteiger partial charge >= 0.3 is 39.5 Å². The second-order valence-corrected chi connectivity index (χ2v) is 26.8. The van der Waals surface area contributed by atoms with E-state index in [2.05, 4.69) is 27.7 Å². The maximum Gasteiger partial charge on any atom is 0.472 e. The van der Waals surface area contributed by atoms with E-state index in [1.165, 1.54) is 173 Å². The fourth-order valence-electron chi connectivity index (χ4n) is 9.99. The number of unbranched alkanes of at least 4 members (excludes halogenated alkanes) is 41. The van der Waals surface area contributed by atoms with E-state index in [9.17, 15) is 43.2 Å². The summed E-state index contributed by atoms with van der Waals surface area (Å²) in [5, 5.41) is 10.5. The lowest BCUT2D eigenvalue weighted by molar-refractivity contribution is -0.161. The van der Waals surface area contributed by atoms with E-state index in [0.717, 1.165) is 89.9 Å². The highest BCUT2D eigenvalue weighted by molar-refractivity contribution is 7.47. The van der Waals surface area contributed by atoms with E-state index in [0.29, 0.717) is 25.7 Å². The van der Waals surface area contributed by atoms with Gasteiger partial charge in [-0.05, 0) is 25.7 Å². The standard InChI is InChI=1S/C66H128O17P2/c1-5-9-13-17-21-25-28-31-35-39-43-47-51-64(69)77-57-62(83-66(71)53-49-45-41-37-33-30-27-23-19-15-11-7-3)59-81-85(74,75)79-55-60(67)54-78-84(72,73)80-58-61(56-76-63(68)50-46-42-38-34-24-20-16-12-8-4)82-65(70)52-48-44-40-36-32-29-26-22-18-14-10-6-2/h60-62,67H,5-59H2,1-4H3,(H,72,73)(H,74,75)/t60-,61+,62+/m0/s1. The van der Waals surface area contributed by atoms with E-state index in [4.69, 9.17) is 37.0 Å². The van der Waals surface area contributed by atoms with Gasteiger partial charge in [-0.3, -0.25) is 37.3 Å². The molecule has 0 aromatic rings. The minimum atomic E-state index is -4.94. The number of ether oxygens (including phenoxy) is 4. The first-order chi connectivity index (χ1) is 41.2. The highest BCUT2D eigenvalue weighted by atomic mass is 31.2. The lowest BCUT2D eigenvalue weighted by atomic mass is 10.0. The zero-order valence-electron chi connectivity index (χ0n) is 54.6. The van der Waals surface area contributed by atoms with Crippen molar-refractivity contribution in [3.05, 3.63) is 0 Å². The molecule has 0 aliphatic rings. The molecule has 0 bridgehead atoms. The van der Waals surface area contributed by atoms with Crippen LogP contribution in [0, 0.1) is 0 Å². The molecule has 0 aliphatic carbocycles. The summed E-state index contributed by atoms with van der Waals surface area (Å²) in [5.41, 5.74) is 0. The molecule has 0 aromatic heterocycles.